The van der Waals surface area contributed by atoms with E-state index < -0.39 is 23.2 Å². The molecule has 0 bridgehead atoms. The molecule has 0 fully saturated rings. The van der Waals surface area contributed by atoms with Gasteiger partial charge in [-0.1, -0.05) is 0 Å². The second kappa shape index (κ2) is 5.07. The topological polar surface area (TPSA) is 53.4 Å². The van der Waals surface area contributed by atoms with Crippen LogP contribution >= 0.6 is 0 Å². The van der Waals surface area contributed by atoms with Gasteiger partial charge in [-0.25, -0.2) is 9.78 Å². The Morgan fingerprint density at radius 2 is 2.00 bits per heavy atom. The molecule has 7 heteroatoms. The van der Waals surface area contributed by atoms with Crippen molar-refractivity contribution in [3.05, 3.63) is 23.9 Å². The second-order valence-electron chi connectivity index (χ2n) is 4.51. The average Bonchev–Trinajstić information content (AvgIpc) is 2.28. The fraction of sp³-hybridized carbons (Fsp3) is 0.500. The molecule has 0 amide bonds. The van der Waals surface area contributed by atoms with Gasteiger partial charge >= 0.3 is 12.1 Å². The molecule has 0 atom stereocenters. The largest absolute Gasteiger partial charge is 0.480 e. The van der Waals surface area contributed by atoms with Crippen LogP contribution in [0.4, 0.5) is 19.0 Å². The van der Waals surface area contributed by atoms with Gasteiger partial charge in [0.15, 0.2) is 0 Å². The van der Waals surface area contributed by atoms with Crippen LogP contribution in [0.15, 0.2) is 18.3 Å². The standard InChI is InChI=1S/C12H15F3N2O2/c1-4-17(11(2,3)10(18)19)9-7-8(5-6-16-9)12(13,14)15/h5-7H,4H2,1-3H3,(H,18,19). The van der Waals surface area contributed by atoms with E-state index in [1.165, 1.54) is 18.7 Å². The highest BCUT2D eigenvalue weighted by Gasteiger charge is 2.36. The predicted molar refractivity (Wildman–Crippen MR) is 64.0 cm³/mol. The lowest BCUT2D eigenvalue weighted by Crippen LogP contribution is -2.50. The van der Waals surface area contributed by atoms with Gasteiger partial charge in [-0.15, -0.1) is 0 Å². The zero-order valence-corrected chi connectivity index (χ0v) is 10.8. The monoisotopic (exact) mass is 276 g/mol. The number of halogens is 3. The number of carboxylic acid groups (broad SMARTS) is 1. The van der Waals surface area contributed by atoms with Crippen LogP contribution in [-0.2, 0) is 11.0 Å². The minimum absolute atomic E-state index is 0.00951. The summed E-state index contributed by atoms with van der Waals surface area (Å²) in [5, 5.41) is 9.14. The molecule has 0 aromatic carbocycles. The van der Waals surface area contributed by atoms with Gasteiger partial charge in [0, 0.05) is 12.7 Å². The fourth-order valence-corrected chi connectivity index (χ4v) is 1.70. The van der Waals surface area contributed by atoms with Crippen molar-refractivity contribution in [2.75, 3.05) is 11.4 Å². The van der Waals surface area contributed by atoms with Gasteiger partial charge in [0.05, 0.1) is 5.56 Å². The molecular weight excluding hydrogens is 261 g/mol. The first-order valence-electron chi connectivity index (χ1n) is 5.65. The summed E-state index contributed by atoms with van der Waals surface area (Å²) in [4.78, 5) is 16.3. The predicted octanol–water partition coefficient (Wildman–Crippen LogP) is 2.79. The number of anilines is 1. The maximum Gasteiger partial charge on any atom is 0.416 e. The minimum atomic E-state index is -4.48. The Bertz CT molecular complexity index is 472. The summed E-state index contributed by atoms with van der Waals surface area (Å²) in [6, 6.07) is 1.71. The molecule has 0 aliphatic carbocycles. The van der Waals surface area contributed by atoms with Gasteiger partial charge in [-0.2, -0.15) is 13.2 Å². The first kappa shape index (κ1) is 15.3. The van der Waals surface area contributed by atoms with Crippen LogP contribution in [0.1, 0.15) is 26.3 Å². The van der Waals surface area contributed by atoms with E-state index in [9.17, 15) is 18.0 Å². The van der Waals surface area contributed by atoms with Crippen molar-refractivity contribution in [3.63, 3.8) is 0 Å². The van der Waals surface area contributed by atoms with Crippen LogP contribution in [0.25, 0.3) is 0 Å². The van der Waals surface area contributed by atoms with Crippen LogP contribution < -0.4 is 4.90 Å². The Hall–Kier alpha value is -1.79. The molecule has 1 rings (SSSR count). The van der Waals surface area contributed by atoms with E-state index in [0.29, 0.717) is 0 Å². The van der Waals surface area contributed by atoms with Crippen LogP contribution in [0.5, 0.6) is 0 Å². The molecule has 0 saturated heterocycles. The van der Waals surface area contributed by atoms with E-state index >= 15 is 0 Å². The van der Waals surface area contributed by atoms with Crippen molar-refractivity contribution in [1.82, 2.24) is 4.98 Å². The van der Waals surface area contributed by atoms with Crippen molar-refractivity contribution in [3.8, 4) is 0 Å². The second-order valence-corrected chi connectivity index (χ2v) is 4.51. The smallest absolute Gasteiger partial charge is 0.416 e. The number of rotatable bonds is 4. The lowest BCUT2D eigenvalue weighted by Gasteiger charge is -2.35. The molecule has 1 heterocycles. The molecule has 4 nitrogen and oxygen atoms in total. The Balaban J connectivity index is 3.24. The van der Waals surface area contributed by atoms with Crippen LogP contribution in [0, 0.1) is 0 Å². The number of hydrogen-bond acceptors (Lipinski definition) is 3. The summed E-state index contributed by atoms with van der Waals surface area (Å²) in [7, 11) is 0. The zero-order valence-electron chi connectivity index (χ0n) is 10.8. The molecule has 19 heavy (non-hydrogen) atoms. The van der Waals surface area contributed by atoms with Gasteiger partial charge in [-0.05, 0) is 32.9 Å². The van der Waals surface area contributed by atoms with Gasteiger partial charge < -0.3 is 10.0 Å². The number of likely N-dealkylation sites (N-methyl/N-ethyl adjacent to an activating group) is 1. The highest BCUT2D eigenvalue weighted by atomic mass is 19.4. The summed E-state index contributed by atoms with van der Waals surface area (Å²) < 4.78 is 37.9. The first-order chi connectivity index (χ1) is 8.60. The lowest BCUT2D eigenvalue weighted by molar-refractivity contribution is -0.142. The molecule has 1 aromatic rings. The normalized spacial score (nSPS) is 12.3. The van der Waals surface area contributed by atoms with E-state index in [4.69, 9.17) is 5.11 Å². The molecule has 0 spiro atoms. The van der Waals surface area contributed by atoms with E-state index in [1.54, 1.807) is 6.92 Å². The third-order valence-corrected chi connectivity index (χ3v) is 2.86. The van der Waals surface area contributed by atoms with E-state index in [2.05, 4.69) is 4.98 Å². The molecule has 0 aliphatic rings. The quantitative estimate of drug-likeness (QED) is 0.918. The van der Waals surface area contributed by atoms with Crippen LogP contribution in [0.3, 0.4) is 0 Å². The summed E-state index contributed by atoms with van der Waals surface area (Å²) in [6.45, 7) is 4.72. The highest BCUT2D eigenvalue weighted by molar-refractivity contribution is 5.82. The van der Waals surface area contributed by atoms with E-state index in [0.717, 1.165) is 18.3 Å². The number of aromatic nitrogens is 1. The fourth-order valence-electron chi connectivity index (χ4n) is 1.70. The van der Waals surface area contributed by atoms with Crippen molar-refractivity contribution < 1.29 is 23.1 Å². The molecule has 0 radical (unpaired) electrons. The SMILES string of the molecule is CCN(c1cc(C(F)(F)F)ccn1)C(C)(C)C(=O)O. The van der Waals surface area contributed by atoms with Gasteiger partial charge in [0.25, 0.3) is 0 Å². The molecule has 0 saturated carbocycles. The lowest BCUT2D eigenvalue weighted by atomic mass is 10.0. The third-order valence-electron chi connectivity index (χ3n) is 2.86. The third kappa shape index (κ3) is 3.15. The summed E-state index contributed by atoms with van der Waals surface area (Å²) in [5.41, 5.74) is -2.19. The highest BCUT2D eigenvalue weighted by Crippen LogP contribution is 2.32. The summed E-state index contributed by atoms with van der Waals surface area (Å²) >= 11 is 0. The number of nitrogens with zero attached hydrogens (tertiary/aromatic N) is 2. The van der Waals surface area contributed by atoms with E-state index in [1.807, 2.05) is 0 Å². The van der Waals surface area contributed by atoms with Crippen molar-refractivity contribution >= 4 is 11.8 Å². The summed E-state index contributed by atoms with van der Waals surface area (Å²) in [6.07, 6.45) is -3.46. The maximum atomic E-state index is 12.6. The van der Waals surface area contributed by atoms with E-state index in [-0.39, 0.29) is 12.4 Å². The molecule has 1 aromatic heterocycles. The average molecular weight is 276 g/mol. The van der Waals surface area contributed by atoms with Crippen molar-refractivity contribution in [2.24, 2.45) is 0 Å². The Labute approximate surface area is 108 Å². The van der Waals surface area contributed by atoms with Crippen LogP contribution in [-0.4, -0.2) is 28.1 Å². The Morgan fingerprint density at radius 3 is 2.42 bits per heavy atom. The minimum Gasteiger partial charge on any atom is -0.480 e. The van der Waals surface area contributed by atoms with Crippen LogP contribution in [0.2, 0.25) is 0 Å². The Kier molecular flexibility index (Phi) is 4.07. The van der Waals surface area contributed by atoms with Gasteiger partial charge in [0.1, 0.15) is 11.4 Å². The number of alkyl halides is 3. The molecule has 0 unspecified atom stereocenters. The van der Waals surface area contributed by atoms with Crippen molar-refractivity contribution in [1.29, 1.82) is 0 Å². The Morgan fingerprint density at radius 1 is 1.42 bits per heavy atom. The zero-order chi connectivity index (χ0) is 14.8. The van der Waals surface area contributed by atoms with Crippen molar-refractivity contribution in [2.45, 2.75) is 32.5 Å². The molecule has 0 aliphatic heterocycles. The number of hydrogen-bond donors (Lipinski definition) is 1. The number of carbonyl (C=O) groups is 1. The number of carboxylic acids is 1. The molecule has 106 valence electrons. The molecular formula is C12H15F3N2O2. The first-order valence-corrected chi connectivity index (χ1v) is 5.65. The van der Waals surface area contributed by atoms with Gasteiger partial charge in [0.2, 0.25) is 0 Å². The number of aliphatic carboxylic acids is 1. The van der Waals surface area contributed by atoms with Gasteiger partial charge in [-0.3, -0.25) is 0 Å². The summed E-state index contributed by atoms with van der Waals surface area (Å²) in [5.74, 6) is -1.14. The maximum absolute atomic E-state index is 12.6. The molecule has 1 N–H and O–H groups in total. The number of pyridine rings is 1.